The fourth-order valence-corrected chi connectivity index (χ4v) is 5.99. The van der Waals surface area contributed by atoms with E-state index in [1.165, 1.54) is 34.2 Å². The van der Waals surface area contributed by atoms with E-state index in [0.717, 1.165) is 43.1 Å². The average molecular weight is 456 g/mol. The van der Waals surface area contributed by atoms with Crippen molar-refractivity contribution in [1.82, 2.24) is 15.2 Å². The number of para-hydroxylation sites is 1. The summed E-state index contributed by atoms with van der Waals surface area (Å²) in [6.07, 6.45) is 2.75. The Morgan fingerprint density at radius 3 is 2.60 bits per heavy atom. The van der Waals surface area contributed by atoms with Gasteiger partial charge >= 0.3 is 0 Å². The molecule has 4 aromatic rings. The molecule has 2 heterocycles. The predicted molar refractivity (Wildman–Crippen MR) is 125 cm³/mol. The van der Waals surface area contributed by atoms with Crippen LogP contribution in [-0.2, 0) is 12.2 Å². The highest BCUT2D eigenvalue weighted by atomic mass is 32.2. The van der Waals surface area contributed by atoms with Crippen molar-refractivity contribution in [3.05, 3.63) is 65.4 Å². The van der Waals surface area contributed by atoms with E-state index in [0.29, 0.717) is 5.75 Å². The third kappa shape index (κ3) is 4.71. The number of methoxy groups -OCH3 is 1. The van der Waals surface area contributed by atoms with Gasteiger partial charge in [-0.25, -0.2) is 0 Å². The molecule has 0 atom stereocenters. The molecule has 0 saturated carbocycles. The summed E-state index contributed by atoms with van der Waals surface area (Å²) < 4.78 is 6.90. The maximum Gasteiger partial charge on any atom is 0.175 e. The zero-order valence-electron chi connectivity index (χ0n) is 16.7. The van der Waals surface area contributed by atoms with E-state index in [9.17, 15) is 4.79 Å². The molecule has 0 aliphatic rings. The van der Waals surface area contributed by atoms with Crippen LogP contribution in [0.1, 0.15) is 28.4 Å². The minimum Gasteiger partial charge on any atom is -0.497 e. The molecule has 0 unspecified atom stereocenters. The van der Waals surface area contributed by atoms with Crippen molar-refractivity contribution >= 4 is 51.5 Å². The quantitative estimate of drug-likeness (QED) is 0.252. The topological polar surface area (TPSA) is 67.9 Å². The number of ketones is 1. The Labute approximate surface area is 187 Å². The number of benzene rings is 2. The van der Waals surface area contributed by atoms with Crippen molar-refractivity contribution in [2.45, 2.75) is 27.8 Å². The fraction of sp³-hybridized carbons (Fsp3) is 0.227. The summed E-state index contributed by atoms with van der Waals surface area (Å²) in [5.41, 5.74) is 4.22. The monoisotopic (exact) mass is 455 g/mol. The molecule has 2 aromatic heterocycles. The summed E-state index contributed by atoms with van der Waals surface area (Å²) in [7, 11) is 1.66. The third-order valence-electron chi connectivity index (χ3n) is 4.72. The molecule has 5 nitrogen and oxygen atoms in total. The zero-order valence-corrected chi connectivity index (χ0v) is 19.1. The van der Waals surface area contributed by atoms with Crippen LogP contribution < -0.4 is 4.74 Å². The van der Waals surface area contributed by atoms with Crippen LogP contribution in [0.4, 0.5) is 0 Å². The number of aromatic amines is 1. The van der Waals surface area contributed by atoms with Crippen LogP contribution in [0.5, 0.6) is 5.75 Å². The first-order chi connectivity index (χ1) is 14.7. The molecular weight excluding hydrogens is 434 g/mol. The van der Waals surface area contributed by atoms with Crippen LogP contribution in [-0.4, -0.2) is 33.8 Å². The van der Waals surface area contributed by atoms with E-state index in [2.05, 4.69) is 28.2 Å². The van der Waals surface area contributed by atoms with Crippen molar-refractivity contribution in [3.8, 4) is 5.75 Å². The molecule has 2 aromatic carbocycles. The zero-order chi connectivity index (χ0) is 20.9. The van der Waals surface area contributed by atoms with Crippen LogP contribution in [0.2, 0.25) is 0 Å². The van der Waals surface area contributed by atoms with Gasteiger partial charge in [0.15, 0.2) is 14.5 Å². The molecule has 4 rings (SSSR count). The number of carbonyl (C=O) groups is 1. The van der Waals surface area contributed by atoms with Gasteiger partial charge in [-0.3, -0.25) is 4.79 Å². The lowest BCUT2D eigenvalue weighted by Gasteiger charge is -2.01. The van der Waals surface area contributed by atoms with Crippen LogP contribution >= 0.6 is 34.9 Å². The van der Waals surface area contributed by atoms with Gasteiger partial charge in [-0.15, -0.1) is 10.2 Å². The van der Waals surface area contributed by atoms with Gasteiger partial charge in [0.2, 0.25) is 0 Å². The highest BCUT2D eigenvalue weighted by Gasteiger charge is 2.15. The number of rotatable bonds is 9. The van der Waals surface area contributed by atoms with Gasteiger partial charge in [-0.1, -0.05) is 72.1 Å². The molecule has 0 amide bonds. The molecule has 1 N–H and O–H groups in total. The summed E-state index contributed by atoms with van der Waals surface area (Å²) in [4.78, 5) is 16.0. The summed E-state index contributed by atoms with van der Waals surface area (Å²) in [5, 5.41) is 9.47. The van der Waals surface area contributed by atoms with E-state index in [4.69, 9.17) is 4.74 Å². The van der Waals surface area contributed by atoms with Gasteiger partial charge in [0.1, 0.15) is 5.75 Å². The molecular formula is C22H21N3O2S3. The Bertz CT molecular complexity index is 1150. The minimum absolute atomic E-state index is 0.0992. The summed E-state index contributed by atoms with van der Waals surface area (Å²) in [5.74, 6) is 2.12. The van der Waals surface area contributed by atoms with Gasteiger partial charge in [0.05, 0.1) is 12.9 Å². The second kappa shape index (κ2) is 9.68. The van der Waals surface area contributed by atoms with Gasteiger partial charge in [0.25, 0.3) is 0 Å². The molecule has 0 fully saturated rings. The SMILES string of the molecule is CCc1cccc2c(C(=O)CSc3nnc(SCc4ccc(OC)cc4)s3)c[nH]c12. The van der Waals surface area contributed by atoms with Crippen molar-refractivity contribution in [2.24, 2.45) is 0 Å². The van der Waals surface area contributed by atoms with Crippen LogP contribution in [0.25, 0.3) is 10.9 Å². The number of nitrogens with one attached hydrogen (secondary N) is 1. The highest BCUT2D eigenvalue weighted by molar-refractivity contribution is 8.03. The van der Waals surface area contributed by atoms with Gasteiger partial charge in [-0.2, -0.15) is 0 Å². The molecule has 0 spiro atoms. The van der Waals surface area contributed by atoms with E-state index in [-0.39, 0.29) is 5.78 Å². The van der Waals surface area contributed by atoms with Gasteiger partial charge in [0, 0.05) is 28.4 Å². The Kier molecular flexibility index (Phi) is 6.76. The number of nitrogens with zero attached hydrogens (tertiary/aromatic N) is 2. The number of fused-ring (bicyclic) bond motifs is 1. The molecule has 0 radical (unpaired) electrons. The average Bonchev–Trinajstić information content (AvgIpc) is 3.43. The molecule has 0 bridgehead atoms. The van der Waals surface area contributed by atoms with E-state index >= 15 is 0 Å². The van der Waals surface area contributed by atoms with Crippen LogP contribution in [0, 0.1) is 0 Å². The second-order valence-electron chi connectivity index (χ2n) is 6.58. The first-order valence-electron chi connectivity index (χ1n) is 9.52. The molecule has 8 heteroatoms. The summed E-state index contributed by atoms with van der Waals surface area (Å²) >= 11 is 4.62. The molecule has 30 heavy (non-hydrogen) atoms. The molecule has 0 aliphatic carbocycles. The summed E-state index contributed by atoms with van der Waals surface area (Å²) in [6, 6.07) is 14.1. The lowest BCUT2D eigenvalue weighted by atomic mass is 10.1. The first-order valence-corrected chi connectivity index (χ1v) is 12.3. The highest BCUT2D eigenvalue weighted by Crippen LogP contribution is 2.32. The van der Waals surface area contributed by atoms with E-state index in [1.54, 1.807) is 18.9 Å². The normalized spacial score (nSPS) is 11.1. The predicted octanol–water partition coefficient (Wildman–Crippen LogP) is 5.86. The summed E-state index contributed by atoms with van der Waals surface area (Å²) in [6.45, 7) is 2.12. The van der Waals surface area contributed by atoms with Crippen molar-refractivity contribution in [3.63, 3.8) is 0 Å². The second-order valence-corrected chi connectivity index (χ2v) is 10.0. The number of thioether (sulfide) groups is 2. The molecule has 0 saturated heterocycles. The molecule has 154 valence electrons. The Balaban J connectivity index is 1.34. The number of H-pyrrole nitrogens is 1. The number of ether oxygens (including phenoxy) is 1. The maximum atomic E-state index is 12.8. The number of aromatic nitrogens is 3. The smallest absolute Gasteiger partial charge is 0.175 e. The standard InChI is InChI=1S/C22H21N3O2S3/c1-3-15-5-4-6-17-18(11-23-20(15)17)19(26)13-29-22-25-24-21(30-22)28-12-14-7-9-16(27-2)10-8-14/h4-11,23H,3,12-13H2,1-2H3. The number of hydrogen-bond donors (Lipinski definition) is 1. The van der Waals surface area contributed by atoms with Gasteiger partial charge < -0.3 is 9.72 Å². The van der Waals surface area contributed by atoms with Crippen molar-refractivity contribution < 1.29 is 9.53 Å². The largest absolute Gasteiger partial charge is 0.497 e. The Hall–Kier alpha value is -2.29. The van der Waals surface area contributed by atoms with E-state index < -0.39 is 0 Å². The number of Topliss-reactive ketones (excluding diaryl/α,β-unsaturated/α-hetero) is 1. The number of carbonyl (C=O) groups excluding carboxylic acids is 1. The minimum atomic E-state index is 0.0992. The number of hydrogen-bond acceptors (Lipinski definition) is 7. The Morgan fingerprint density at radius 2 is 1.87 bits per heavy atom. The lowest BCUT2D eigenvalue weighted by Crippen LogP contribution is -2.01. The molecule has 0 aliphatic heterocycles. The first kappa shape index (κ1) is 21.0. The van der Waals surface area contributed by atoms with Crippen molar-refractivity contribution in [2.75, 3.05) is 12.9 Å². The van der Waals surface area contributed by atoms with Crippen molar-refractivity contribution in [1.29, 1.82) is 0 Å². The fourth-order valence-electron chi connectivity index (χ4n) is 3.13. The number of aryl methyl sites for hydroxylation is 1. The van der Waals surface area contributed by atoms with Gasteiger partial charge in [-0.05, 0) is 29.7 Å². The van der Waals surface area contributed by atoms with E-state index in [1.807, 2.05) is 42.6 Å². The lowest BCUT2D eigenvalue weighted by molar-refractivity contribution is 0.102. The Morgan fingerprint density at radius 1 is 1.10 bits per heavy atom. The van der Waals surface area contributed by atoms with Crippen LogP contribution in [0.3, 0.4) is 0 Å². The third-order valence-corrected chi connectivity index (χ3v) is 7.98. The van der Waals surface area contributed by atoms with Crippen LogP contribution in [0.15, 0.2) is 57.3 Å². The maximum absolute atomic E-state index is 12.8.